The van der Waals surface area contributed by atoms with Crippen LogP contribution in [-0.4, -0.2) is 36.5 Å². The van der Waals surface area contributed by atoms with Crippen molar-refractivity contribution in [1.82, 2.24) is 10.2 Å². The second-order valence-corrected chi connectivity index (χ2v) is 6.04. The molecular weight excluding hydrogens is 284 g/mol. The molecule has 0 aromatic heterocycles. The van der Waals surface area contributed by atoms with Crippen molar-refractivity contribution in [2.75, 3.05) is 13.6 Å². The Bertz CT molecular complexity index is 441. The summed E-state index contributed by atoms with van der Waals surface area (Å²) < 4.78 is 0. The Kier molecular flexibility index (Phi) is 7.20. The lowest BCUT2D eigenvalue weighted by Gasteiger charge is -2.26. The third-order valence-electron chi connectivity index (χ3n) is 4.29. The largest absolute Gasteiger partial charge is 0.343 e. The van der Waals surface area contributed by atoms with Gasteiger partial charge in [-0.15, -0.1) is 12.4 Å². The predicted octanol–water partition coefficient (Wildman–Crippen LogP) is 2.95. The van der Waals surface area contributed by atoms with E-state index in [0.29, 0.717) is 12.5 Å². The lowest BCUT2D eigenvalue weighted by Crippen LogP contribution is -2.39. The molecule has 1 aromatic carbocycles. The first-order valence-corrected chi connectivity index (χ1v) is 7.61. The number of hydrogen-bond acceptors (Lipinski definition) is 2. The van der Waals surface area contributed by atoms with Crippen LogP contribution in [0, 0.1) is 6.92 Å². The third-order valence-corrected chi connectivity index (χ3v) is 4.29. The molecule has 1 fully saturated rings. The van der Waals surface area contributed by atoms with E-state index in [0.717, 1.165) is 19.4 Å². The van der Waals surface area contributed by atoms with Gasteiger partial charge in [0.2, 0.25) is 5.91 Å². The van der Waals surface area contributed by atoms with E-state index >= 15 is 0 Å². The molecular formula is C17H27ClN2O. The van der Waals surface area contributed by atoms with E-state index < -0.39 is 0 Å². The van der Waals surface area contributed by atoms with Gasteiger partial charge >= 0.3 is 0 Å². The zero-order chi connectivity index (χ0) is 14.5. The van der Waals surface area contributed by atoms with Gasteiger partial charge in [-0.1, -0.05) is 29.8 Å². The van der Waals surface area contributed by atoms with Gasteiger partial charge in [0.15, 0.2) is 0 Å². The quantitative estimate of drug-likeness (QED) is 0.907. The molecule has 21 heavy (non-hydrogen) atoms. The van der Waals surface area contributed by atoms with Crippen molar-refractivity contribution < 1.29 is 4.79 Å². The molecule has 2 unspecified atom stereocenters. The molecule has 2 rings (SSSR count). The van der Waals surface area contributed by atoms with E-state index in [2.05, 4.69) is 43.4 Å². The number of likely N-dealkylation sites (N-methyl/N-ethyl adjacent to an activating group) is 1. The predicted molar refractivity (Wildman–Crippen MR) is 90.0 cm³/mol. The number of hydrogen-bond donors (Lipinski definition) is 1. The van der Waals surface area contributed by atoms with Crippen LogP contribution in [0.25, 0.3) is 0 Å². The average molecular weight is 311 g/mol. The molecule has 1 aliphatic heterocycles. The number of aryl methyl sites for hydroxylation is 1. The van der Waals surface area contributed by atoms with Crippen LogP contribution in [0.5, 0.6) is 0 Å². The molecule has 1 aliphatic rings. The number of nitrogens with zero attached hydrogens (tertiary/aromatic N) is 1. The van der Waals surface area contributed by atoms with Crippen LogP contribution in [0.2, 0.25) is 0 Å². The molecule has 1 amide bonds. The molecule has 1 aromatic rings. The number of halogens is 1. The number of nitrogens with one attached hydrogen (secondary N) is 1. The van der Waals surface area contributed by atoms with Crippen molar-refractivity contribution in [1.29, 1.82) is 0 Å². The van der Waals surface area contributed by atoms with E-state index in [1.807, 2.05) is 11.9 Å². The van der Waals surface area contributed by atoms with Gasteiger partial charge in [0.25, 0.3) is 0 Å². The van der Waals surface area contributed by atoms with E-state index in [9.17, 15) is 4.79 Å². The van der Waals surface area contributed by atoms with Gasteiger partial charge in [0.05, 0.1) is 0 Å². The normalized spacial score (nSPS) is 18.9. The van der Waals surface area contributed by atoms with Crippen LogP contribution in [-0.2, 0) is 11.2 Å². The highest BCUT2D eigenvalue weighted by Gasteiger charge is 2.22. The summed E-state index contributed by atoms with van der Waals surface area (Å²) in [6, 6.07) is 9.20. The second-order valence-electron chi connectivity index (χ2n) is 6.04. The molecule has 1 saturated heterocycles. The first kappa shape index (κ1) is 18.0. The molecule has 118 valence electrons. The smallest absolute Gasteiger partial charge is 0.224 e. The molecule has 1 heterocycles. The lowest BCUT2D eigenvalue weighted by atomic mass is 10.0. The van der Waals surface area contributed by atoms with Gasteiger partial charge in [-0.3, -0.25) is 4.79 Å². The maximum Gasteiger partial charge on any atom is 0.224 e. The number of carbonyl (C=O) groups excluding carboxylic acids is 1. The van der Waals surface area contributed by atoms with E-state index in [1.165, 1.54) is 17.5 Å². The van der Waals surface area contributed by atoms with Crippen LogP contribution < -0.4 is 5.32 Å². The van der Waals surface area contributed by atoms with Gasteiger partial charge in [-0.2, -0.15) is 0 Å². The molecule has 4 heteroatoms. The summed E-state index contributed by atoms with van der Waals surface area (Å²) >= 11 is 0. The van der Waals surface area contributed by atoms with Gasteiger partial charge in [-0.05, 0) is 45.2 Å². The van der Waals surface area contributed by atoms with Crippen molar-refractivity contribution in [3.05, 3.63) is 35.4 Å². The topological polar surface area (TPSA) is 32.3 Å². The van der Waals surface area contributed by atoms with Crippen molar-refractivity contribution in [2.45, 2.75) is 51.6 Å². The second kappa shape index (κ2) is 8.40. The molecule has 2 atom stereocenters. The monoisotopic (exact) mass is 310 g/mol. The third kappa shape index (κ3) is 5.33. The van der Waals surface area contributed by atoms with E-state index in [1.54, 1.807) is 0 Å². The number of rotatable bonds is 5. The van der Waals surface area contributed by atoms with Crippen molar-refractivity contribution in [3.63, 3.8) is 0 Å². The summed E-state index contributed by atoms with van der Waals surface area (Å²) in [4.78, 5) is 14.2. The zero-order valence-corrected chi connectivity index (χ0v) is 14.1. The van der Waals surface area contributed by atoms with Crippen LogP contribution >= 0.6 is 12.4 Å². The number of amides is 1. The Hall–Kier alpha value is -1.06. The van der Waals surface area contributed by atoms with Crippen LogP contribution in [0.15, 0.2) is 24.3 Å². The Balaban J connectivity index is 0.00000220. The van der Waals surface area contributed by atoms with Crippen molar-refractivity contribution in [2.24, 2.45) is 0 Å². The minimum atomic E-state index is 0. The standard InChI is InChI=1S/C17H26N2O.ClH/c1-13-6-8-15(9-7-13)11-14(2)19(3)17(20)12-16-5-4-10-18-16;/h6-9,14,16,18H,4-5,10-12H2,1-3H3;1H. The Morgan fingerprint density at radius 2 is 2.05 bits per heavy atom. The van der Waals surface area contributed by atoms with Crippen molar-refractivity contribution in [3.8, 4) is 0 Å². The summed E-state index contributed by atoms with van der Waals surface area (Å²) in [5, 5.41) is 3.39. The van der Waals surface area contributed by atoms with E-state index in [-0.39, 0.29) is 24.4 Å². The summed E-state index contributed by atoms with van der Waals surface area (Å²) in [7, 11) is 1.93. The van der Waals surface area contributed by atoms with Crippen LogP contribution in [0.1, 0.15) is 37.3 Å². The Labute approximate surface area is 134 Å². The molecule has 0 bridgehead atoms. The minimum absolute atomic E-state index is 0. The Morgan fingerprint density at radius 1 is 1.38 bits per heavy atom. The maximum atomic E-state index is 12.3. The summed E-state index contributed by atoms with van der Waals surface area (Å²) in [6.07, 6.45) is 3.88. The molecule has 3 nitrogen and oxygen atoms in total. The average Bonchev–Trinajstić information content (AvgIpc) is 2.93. The first-order valence-electron chi connectivity index (χ1n) is 7.61. The van der Waals surface area contributed by atoms with Gasteiger partial charge in [-0.25, -0.2) is 0 Å². The first-order chi connectivity index (χ1) is 9.56. The highest BCUT2D eigenvalue weighted by atomic mass is 35.5. The van der Waals surface area contributed by atoms with Gasteiger partial charge < -0.3 is 10.2 Å². The minimum Gasteiger partial charge on any atom is -0.343 e. The zero-order valence-electron chi connectivity index (χ0n) is 13.3. The Morgan fingerprint density at radius 3 is 2.62 bits per heavy atom. The summed E-state index contributed by atoms with van der Waals surface area (Å²) in [5.41, 5.74) is 2.57. The highest BCUT2D eigenvalue weighted by Crippen LogP contribution is 2.13. The molecule has 0 saturated carbocycles. The fraction of sp³-hybridized carbons (Fsp3) is 0.588. The van der Waals surface area contributed by atoms with Crippen molar-refractivity contribution >= 4 is 18.3 Å². The van der Waals surface area contributed by atoms with Gasteiger partial charge in [0, 0.05) is 25.6 Å². The van der Waals surface area contributed by atoms with E-state index in [4.69, 9.17) is 0 Å². The lowest BCUT2D eigenvalue weighted by molar-refractivity contribution is -0.132. The number of benzene rings is 1. The SMILES string of the molecule is Cc1ccc(CC(C)N(C)C(=O)CC2CCCN2)cc1.Cl. The molecule has 0 spiro atoms. The van der Waals surface area contributed by atoms with Crippen LogP contribution in [0.3, 0.4) is 0 Å². The maximum absolute atomic E-state index is 12.3. The fourth-order valence-corrected chi connectivity index (χ4v) is 2.73. The fourth-order valence-electron chi connectivity index (χ4n) is 2.73. The van der Waals surface area contributed by atoms with Crippen LogP contribution in [0.4, 0.5) is 0 Å². The summed E-state index contributed by atoms with van der Waals surface area (Å²) in [5.74, 6) is 0.254. The van der Waals surface area contributed by atoms with Gasteiger partial charge in [0.1, 0.15) is 0 Å². The molecule has 0 aliphatic carbocycles. The number of carbonyl (C=O) groups is 1. The summed E-state index contributed by atoms with van der Waals surface area (Å²) in [6.45, 7) is 5.28. The highest BCUT2D eigenvalue weighted by molar-refractivity contribution is 5.85. The molecule has 1 N–H and O–H groups in total. The molecule has 0 radical (unpaired) electrons.